The van der Waals surface area contributed by atoms with Gasteiger partial charge in [0.1, 0.15) is 11.5 Å². The van der Waals surface area contributed by atoms with Crippen molar-refractivity contribution in [2.45, 2.75) is 39.5 Å². The molecule has 0 aliphatic rings. The maximum atomic E-state index is 5.93. The molecule has 0 bridgehead atoms. The van der Waals surface area contributed by atoms with E-state index in [0.29, 0.717) is 35.2 Å². The third-order valence-electron chi connectivity index (χ3n) is 3.63. The van der Waals surface area contributed by atoms with Crippen LogP contribution < -0.4 is 9.47 Å². The Balaban J connectivity index is 2.87. The summed E-state index contributed by atoms with van der Waals surface area (Å²) in [6.07, 6.45) is 15.8. The van der Waals surface area contributed by atoms with E-state index in [4.69, 9.17) is 22.3 Å². The molecule has 2 nitrogen and oxygen atoms in total. The lowest BCUT2D eigenvalue weighted by molar-refractivity contribution is 0.232. The molecule has 1 aromatic carbocycles. The van der Waals surface area contributed by atoms with Crippen molar-refractivity contribution in [1.29, 1.82) is 0 Å². The smallest absolute Gasteiger partial charge is 0.136 e. The highest BCUT2D eigenvalue weighted by molar-refractivity contribution is 5.57. The second-order valence-corrected chi connectivity index (χ2v) is 5.06. The van der Waals surface area contributed by atoms with E-state index < -0.39 is 0 Å². The Kier molecular flexibility index (Phi) is 7.27. The van der Waals surface area contributed by atoms with E-state index in [9.17, 15) is 0 Å². The molecule has 0 aliphatic carbocycles. The van der Waals surface area contributed by atoms with Crippen molar-refractivity contribution in [3.8, 4) is 36.2 Å². The van der Waals surface area contributed by atoms with E-state index in [2.05, 4.69) is 25.7 Å². The molecule has 0 aliphatic heterocycles. The number of ether oxygens (including phenoxy) is 2. The van der Waals surface area contributed by atoms with Gasteiger partial charge in [-0.05, 0) is 12.3 Å². The monoisotopic (exact) mass is 284 g/mol. The van der Waals surface area contributed by atoms with Crippen LogP contribution in [0.4, 0.5) is 0 Å². The number of terminal acetylenes is 2. The molecule has 0 heterocycles. The SMILES string of the molecule is C#Cc1cc(OCC(CC)CCCC)c(C#C)cc1OC. The van der Waals surface area contributed by atoms with Gasteiger partial charge in [0.2, 0.25) is 0 Å². The van der Waals surface area contributed by atoms with E-state index in [-0.39, 0.29) is 0 Å². The van der Waals surface area contributed by atoms with Crippen LogP contribution >= 0.6 is 0 Å². The molecule has 1 unspecified atom stereocenters. The zero-order chi connectivity index (χ0) is 15.7. The maximum absolute atomic E-state index is 5.93. The first-order chi connectivity index (χ1) is 10.2. The largest absolute Gasteiger partial charge is 0.495 e. The quantitative estimate of drug-likeness (QED) is 0.664. The van der Waals surface area contributed by atoms with E-state index in [1.54, 1.807) is 19.2 Å². The van der Waals surface area contributed by atoms with Gasteiger partial charge >= 0.3 is 0 Å². The average molecular weight is 284 g/mol. The van der Waals surface area contributed by atoms with Gasteiger partial charge < -0.3 is 9.47 Å². The van der Waals surface area contributed by atoms with Gasteiger partial charge in [0.25, 0.3) is 0 Å². The summed E-state index contributed by atoms with van der Waals surface area (Å²) < 4.78 is 11.2. The topological polar surface area (TPSA) is 18.5 Å². The Morgan fingerprint density at radius 3 is 2.24 bits per heavy atom. The van der Waals surface area contributed by atoms with Gasteiger partial charge in [-0.15, -0.1) is 12.8 Å². The van der Waals surface area contributed by atoms with Crippen molar-refractivity contribution in [2.75, 3.05) is 13.7 Å². The molecule has 0 amide bonds. The van der Waals surface area contributed by atoms with Crippen molar-refractivity contribution in [3.05, 3.63) is 23.3 Å². The lowest BCUT2D eigenvalue weighted by atomic mass is 10.0. The molecule has 1 atom stereocenters. The Morgan fingerprint density at radius 1 is 1.10 bits per heavy atom. The van der Waals surface area contributed by atoms with Crippen molar-refractivity contribution >= 4 is 0 Å². The second-order valence-electron chi connectivity index (χ2n) is 5.06. The summed E-state index contributed by atoms with van der Waals surface area (Å²) in [5, 5.41) is 0. The minimum Gasteiger partial charge on any atom is -0.495 e. The second kappa shape index (κ2) is 8.98. The zero-order valence-corrected chi connectivity index (χ0v) is 13.2. The zero-order valence-electron chi connectivity index (χ0n) is 13.2. The summed E-state index contributed by atoms with van der Waals surface area (Å²) in [5.41, 5.74) is 1.34. The molecule has 0 saturated heterocycles. The fourth-order valence-electron chi connectivity index (χ4n) is 2.18. The van der Waals surface area contributed by atoms with Gasteiger partial charge in [-0.3, -0.25) is 0 Å². The molecule has 21 heavy (non-hydrogen) atoms. The Bertz CT molecular complexity index is 532. The van der Waals surface area contributed by atoms with E-state index >= 15 is 0 Å². The number of hydrogen-bond acceptors (Lipinski definition) is 2. The molecule has 0 aromatic heterocycles. The molecular formula is C19H24O2. The van der Waals surface area contributed by atoms with Crippen molar-refractivity contribution in [2.24, 2.45) is 5.92 Å². The predicted octanol–water partition coefficient (Wildman–Crippen LogP) is 4.25. The van der Waals surface area contributed by atoms with Gasteiger partial charge in [-0.1, -0.05) is 45.0 Å². The highest BCUT2D eigenvalue weighted by Crippen LogP contribution is 2.28. The van der Waals surface area contributed by atoms with Crippen LogP contribution in [0.2, 0.25) is 0 Å². The van der Waals surface area contributed by atoms with Gasteiger partial charge in [0.05, 0.1) is 24.8 Å². The lowest BCUT2D eigenvalue weighted by Gasteiger charge is -2.17. The molecule has 0 N–H and O–H groups in total. The van der Waals surface area contributed by atoms with E-state index in [1.807, 2.05) is 0 Å². The highest BCUT2D eigenvalue weighted by Gasteiger charge is 2.12. The highest BCUT2D eigenvalue weighted by atomic mass is 16.5. The minimum absolute atomic E-state index is 0.548. The third-order valence-corrected chi connectivity index (χ3v) is 3.63. The predicted molar refractivity (Wildman–Crippen MR) is 87.7 cm³/mol. The van der Waals surface area contributed by atoms with Crippen molar-refractivity contribution < 1.29 is 9.47 Å². The third kappa shape index (κ3) is 4.76. The Labute approximate surface area is 128 Å². The van der Waals surface area contributed by atoms with Crippen molar-refractivity contribution in [1.82, 2.24) is 0 Å². The standard InChI is InChI=1S/C19H24O2/c1-6-10-11-15(7-2)14-21-19-13-16(8-3)18(20-5)12-17(19)9-4/h3-4,12-13,15H,6-7,10-11,14H2,1-2,5H3. The lowest BCUT2D eigenvalue weighted by Crippen LogP contribution is -2.12. The summed E-state index contributed by atoms with van der Waals surface area (Å²) in [6.45, 7) is 5.06. The summed E-state index contributed by atoms with van der Waals surface area (Å²) >= 11 is 0. The molecular weight excluding hydrogens is 260 g/mol. The van der Waals surface area contributed by atoms with Gasteiger partial charge in [0, 0.05) is 12.1 Å². The summed E-state index contributed by atoms with van der Waals surface area (Å²) in [5.74, 6) is 7.06. The Morgan fingerprint density at radius 2 is 1.71 bits per heavy atom. The Hall–Kier alpha value is -2.06. The van der Waals surface area contributed by atoms with Crippen molar-refractivity contribution in [3.63, 3.8) is 0 Å². The van der Waals surface area contributed by atoms with Crippen LogP contribution in [0.25, 0.3) is 0 Å². The first-order valence-corrected chi connectivity index (χ1v) is 7.48. The van der Waals surface area contributed by atoms with Crippen LogP contribution in [-0.2, 0) is 0 Å². The first-order valence-electron chi connectivity index (χ1n) is 7.48. The minimum atomic E-state index is 0.548. The fraction of sp³-hybridized carbons (Fsp3) is 0.474. The van der Waals surface area contributed by atoms with Crippen LogP contribution in [0.3, 0.4) is 0 Å². The van der Waals surface area contributed by atoms with Gasteiger partial charge in [0.15, 0.2) is 0 Å². The molecule has 0 fully saturated rings. The van der Waals surface area contributed by atoms with Crippen LogP contribution in [0.5, 0.6) is 11.5 Å². The van der Waals surface area contributed by atoms with E-state index in [1.165, 1.54) is 19.3 Å². The molecule has 112 valence electrons. The summed E-state index contributed by atoms with van der Waals surface area (Å²) in [7, 11) is 1.58. The van der Waals surface area contributed by atoms with Crippen LogP contribution in [0, 0.1) is 30.6 Å². The molecule has 0 spiro atoms. The average Bonchev–Trinajstić information content (AvgIpc) is 2.54. The van der Waals surface area contributed by atoms with Crippen LogP contribution in [0.1, 0.15) is 50.7 Å². The summed E-state index contributed by atoms with van der Waals surface area (Å²) in [4.78, 5) is 0. The number of benzene rings is 1. The molecule has 1 rings (SSSR count). The first kappa shape index (κ1) is 17.0. The van der Waals surface area contributed by atoms with Gasteiger partial charge in [-0.25, -0.2) is 0 Å². The van der Waals surface area contributed by atoms with Gasteiger partial charge in [-0.2, -0.15) is 0 Å². The molecule has 0 saturated carbocycles. The summed E-state index contributed by atoms with van der Waals surface area (Å²) in [6, 6.07) is 3.55. The number of rotatable bonds is 8. The maximum Gasteiger partial charge on any atom is 0.136 e. The van der Waals surface area contributed by atoms with Crippen LogP contribution in [0.15, 0.2) is 12.1 Å². The number of unbranched alkanes of at least 4 members (excludes halogenated alkanes) is 1. The van der Waals surface area contributed by atoms with Crippen LogP contribution in [-0.4, -0.2) is 13.7 Å². The van der Waals surface area contributed by atoms with E-state index in [0.717, 1.165) is 6.42 Å². The fourth-order valence-corrected chi connectivity index (χ4v) is 2.18. The normalized spacial score (nSPS) is 11.3. The number of hydrogen-bond donors (Lipinski definition) is 0. The molecule has 1 aromatic rings. The number of methoxy groups -OCH3 is 1. The molecule has 0 radical (unpaired) electrons. The molecule has 2 heteroatoms.